The summed E-state index contributed by atoms with van der Waals surface area (Å²) in [5.74, 6) is 3.55. The van der Waals surface area contributed by atoms with Crippen molar-refractivity contribution in [3.05, 3.63) is 60.7 Å². The fourth-order valence-corrected chi connectivity index (χ4v) is 5.45. The molecular weight excluding hydrogens is 534 g/mol. The van der Waals surface area contributed by atoms with Gasteiger partial charge in [0.1, 0.15) is 22.4 Å². The van der Waals surface area contributed by atoms with Crippen molar-refractivity contribution >= 4 is 29.3 Å². The number of ether oxygens (including phenoxy) is 1. The molecule has 1 aliphatic heterocycles. The lowest BCUT2D eigenvalue weighted by atomic mass is 9.78. The predicted octanol–water partition coefficient (Wildman–Crippen LogP) is 5.91. The van der Waals surface area contributed by atoms with Gasteiger partial charge in [-0.2, -0.15) is 0 Å². The van der Waals surface area contributed by atoms with E-state index in [1.54, 1.807) is 12.4 Å². The van der Waals surface area contributed by atoms with Gasteiger partial charge in [0, 0.05) is 54.5 Å². The van der Waals surface area contributed by atoms with Gasteiger partial charge in [-0.05, 0) is 63.5 Å². The van der Waals surface area contributed by atoms with Gasteiger partial charge in [-0.3, -0.25) is 9.98 Å². The van der Waals surface area contributed by atoms with E-state index in [1.165, 1.54) is 11.8 Å². The molecule has 2 N–H and O–H groups in total. The van der Waals surface area contributed by atoms with Gasteiger partial charge in [0.2, 0.25) is 0 Å². The van der Waals surface area contributed by atoms with E-state index in [1.807, 2.05) is 56.6 Å². The molecule has 1 saturated heterocycles. The number of β-amino-alcohol motifs (C(OH)–C–C–N with tert-alkyl or cyclic N) is 1. The molecule has 41 heavy (non-hydrogen) atoms. The highest BCUT2D eigenvalue weighted by Gasteiger charge is 2.35. The Labute approximate surface area is 247 Å². The minimum absolute atomic E-state index is 0.113. The zero-order chi connectivity index (χ0) is 29.2. The summed E-state index contributed by atoms with van der Waals surface area (Å²) < 4.78 is 6.39. The Hall–Kier alpha value is -3.34. The van der Waals surface area contributed by atoms with E-state index in [0.717, 1.165) is 59.6 Å². The van der Waals surface area contributed by atoms with Crippen LogP contribution in [0, 0.1) is 18.3 Å². The lowest BCUT2D eigenvalue weighted by molar-refractivity contribution is 0.133. The third-order valence-electron chi connectivity index (χ3n) is 7.57. The van der Waals surface area contributed by atoms with E-state index in [4.69, 9.17) is 19.7 Å². The van der Waals surface area contributed by atoms with Crippen molar-refractivity contribution in [2.75, 3.05) is 33.3 Å². The quantitative estimate of drug-likeness (QED) is 0.227. The number of rotatable bonds is 10. The number of aliphatic imine (C=N–C) groups is 2. The fraction of sp³-hybridized carbons (Fsp3) is 0.452. The molecule has 0 spiro atoms. The molecule has 4 heterocycles. The number of aliphatic hydroxyl groups is 1. The minimum Gasteiger partial charge on any atom is -0.451 e. The van der Waals surface area contributed by atoms with Gasteiger partial charge in [-0.25, -0.2) is 15.0 Å². The third-order valence-corrected chi connectivity index (χ3v) is 8.48. The zero-order valence-electron chi connectivity index (χ0n) is 24.7. The van der Waals surface area contributed by atoms with Gasteiger partial charge in [0.05, 0.1) is 12.3 Å². The van der Waals surface area contributed by atoms with Crippen molar-refractivity contribution in [2.45, 2.75) is 56.9 Å². The van der Waals surface area contributed by atoms with Crippen LogP contribution in [0.2, 0.25) is 0 Å². The van der Waals surface area contributed by atoms with Gasteiger partial charge in [0.25, 0.3) is 0 Å². The molecule has 4 rings (SSSR count). The number of aromatic nitrogens is 3. The largest absolute Gasteiger partial charge is 0.451 e. The van der Waals surface area contributed by atoms with Crippen molar-refractivity contribution in [1.82, 2.24) is 25.2 Å². The van der Waals surface area contributed by atoms with E-state index in [2.05, 4.69) is 41.0 Å². The number of piperidine rings is 1. The zero-order valence-corrected chi connectivity index (χ0v) is 25.5. The number of aliphatic hydroxyl groups excluding tert-OH is 1. The Morgan fingerprint density at radius 1 is 1.15 bits per heavy atom. The molecule has 9 nitrogen and oxygen atoms in total. The molecule has 0 saturated carbocycles. The second kappa shape index (κ2) is 14.5. The lowest BCUT2D eigenvalue weighted by Crippen LogP contribution is -2.50. The van der Waals surface area contributed by atoms with Crippen molar-refractivity contribution in [3.8, 4) is 11.5 Å². The highest BCUT2D eigenvalue weighted by atomic mass is 32.2. The van der Waals surface area contributed by atoms with Crippen LogP contribution in [0.1, 0.15) is 45.7 Å². The summed E-state index contributed by atoms with van der Waals surface area (Å²) >= 11 is 1.52. The van der Waals surface area contributed by atoms with Crippen LogP contribution in [0.25, 0.3) is 0 Å². The van der Waals surface area contributed by atoms with Crippen LogP contribution in [0.15, 0.2) is 74.9 Å². The number of hydrogen-bond donors (Lipinski definition) is 2. The van der Waals surface area contributed by atoms with Crippen LogP contribution in [-0.2, 0) is 0 Å². The summed E-state index contributed by atoms with van der Waals surface area (Å²) in [6, 6.07) is 11.5. The monoisotopic (exact) mass is 575 g/mol. The second-order valence-corrected chi connectivity index (χ2v) is 11.7. The Kier molecular flexibility index (Phi) is 10.8. The number of nitrogens with one attached hydrogen (secondary N) is 1. The predicted molar refractivity (Wildman–Crippen MR) is 166 cm³/mol. The first kappa shape index (κ1) is 30.6. The Morgan fingerprint density at radius 2 is 1.93 bits per heavy atom. The number of aryl methyl sites for hydroxylation is 1. The standard InChI is InChI=1S/C31H41N7O2S/c1-6-22(2)28(37-30(32-5)31(4)12-16-38(17-13-31)18-19-39)36-29-26(40-25-10-9-15-33-23(25)3)20-24(21-35-29)41-27-11-7-8-14-34-27/h7-11,14-15,20-22,39H,6,12-13,16-19H2,1-5H3,(H,32,35,36,37). The minimum atomic E-state index is -0.113. The molecule has 0 amide bonds. The molecule has 0 bridgehead atoms. The molecule has 0 radical (unpaired) electrons. The molecule has 10 heteroatoms. The molecule has 218 valence electrons. The molecule has 1 aliphatic rings. The molecule has 3 aromatic rings. The van der Waals surface area contributed by atoms with Crippen LogP contribution >= 0.6 is 11.8 Å². The Morgan fingerprint density at radius 3 is 2.59 bits per heavy atom. The fourth-order valence-electron chi connectivity index (χ4n) is 4.67. The summed E-state index contributed by atoms with van der Waals surface area (Å²) in [5, 5.41) is 13.9. The van der Waals surface area contributed by atoms with Crippen LogP contribution in [0.5, 0.6) is 11.5 Å². The van der Waals surface area contributed by atoms with E-state index in [-0.39, 0.29) is 17.9 Å². The summed E-state index contributed by atoms with van der Waals surface area (Å²) in [7, 11) is 1.84. The maximum Gasteiger partial charge on any atom is 0.197 e. The summed E-state index contributed by atoms with van der Waals surface area (Å²) in [6.45, 7) is 11.2. The first-order valence-corrected chi connectivity index (χ1v) is 15.0. The van der Waals surface area contributed by atoms with Gasteiger partial charge >= 0.3 is 0 Å². The Balaban J connectivity index is 1.67. The highest BCUT2D eigenvalue weighted by molar-refractivity contribution is 7.99. The van der Waals surface area contributed by atoms with Crippen LogP contribution < -0.4 is 10.1 Å². The normalized spacial score (nSPS) is 16.8. The molecule has 1 fully saturated rings. The van der Waals surface area contributed by atoms with Crippen molar-refractivity contribution < 1.29 is 9.84 Å². The number of pyridine rings is 3. The molecule has 0 aromatic carbocycles. The average Bonchev–Trinajstić information content (AvgIpc) is 2.99. The first-order valence-electron chi connectivity index (χ1n) is 14.2. The number of nitrogens with zero attached hydrogens (tertiary/aromatic N) is 6. The molecule has 1 unspecified atom stereocenters. The smallest absolute Gasteiger partial charge is 0.197 e. The molecular formula is C31H41N7O2S. The number of amidine groups is 2. The topological polar surface area (TPSA) is 108 Å². The number of likely N-dealkylation sites (tertiary alicyclic amines) is 1. The van der Waals surface area contributed by atoms with E-state index < -0.39 is 0 Å². The maximum atomic E-state index is 9.36. The first-order chi connectivity index (χ1) is 19.8. The SMILES string of the molecule is CCC(C)/C(=N\c1ncc(Sc2ccccn2)cc1Oc1cccnc1C)NC(=NC)C1(C)CCN(CCO)CC1. The summed E-state index contributed by atoms with van der Waals surface area (Å²) in [6.07, 6.45) is 8.13. The highest BCUT2D eigenvalue weighted by Crippen LogP contribution is 2.37. The molecule has 1 atom stereocenters. The van der Waals surface area contributed by atoms with Gasteiger partial charge < -0.3 is 20.1 Å². The summed E-state index contributed by atoms with van der Waals surface area (Å²) in [5.41, 5.74) is 0.670. The van der Waals surface area contributed by atoms with Crippen LogP contribution in [-0.4, -0.2) is 69.9 Å². The van der Waals surface area contributed by atoms with Gasteiger partial charge in [-0.15, -0.1) is 0 Å². The van der Waals surface area contributed by atoms with Crippen molar-refractivity contribution in [3.63, 3.8) is 0 Å². The van der Waals surface area contributed by atoms with Gasteiger partial charge in [-0.1, -0.05) is 38.6 Å². The average molecular weight is 576 g/mol. The summed E-state index contributed by atoms with van der Waals surface area (Å²) in [4.78, 5) is 26.5. The lowest BCUT2D eigenvalue weighted by Gasteiger charge is -2.40. The van der Waals surface area contributed by atoms with Gasteiger partial charge in [0.15, 0.2) is 11.6 Å². The van der Waals surface area contributed by atoms with Crippen LogP contribution in [0.3, 0.4) is 0 Å². The molecule has 0 aliphatic carbocycles. The molecule has 3 aromatic heterocycles. The van der Waals surface area contributed by atoms with Crippen LogP contribution in [0.4, 0.5) is 5.82 Å². The van der Waals surface area contributed by atoms with Crippen molar-refractivity contribution in [2.24, 2.45) is 21.3 Å². The van der Waals surface area contributed by atoms with E-state index >= 15 is 0 Å². The third kappa shape index (κ3) is 8.12. The maximum absolute atomic E-state index is 9.36. The Bertz CT molecular complexity index is 1340. The van der Waals surface area contributed by atoms with E-state index in [9.17, 15) is 5.11 Å². The van der Waals surface area contributed by atoms with Crippen molar-refractivity contribution in [1.29, 1.82) is 0 Å². The number of hydrogen-bond acceptors (Lipinski definition) is 9. The van der Waals surface area contributed by atoms with E-state index in [0.29, 0.717) is 23.9 Å². The second-order valence-electron chi connectivity index (χ2n) is 10.6.